The van der Waals surface area contributed by atoms with Crippen LogP contribution in [-0.4, -0.2) is 11.7 Å². The van der Waals surface area contributed by atoms with E-state index in [1.807, 2.05) is 31.2 Å². The summed E-state index contributed by atoms with van der Waals surface area (Å²) in [5, 5.41) is 10.1. The van der Waals surface area contributed by atoms with E-state index in [-0.39, 0.29) is 0 Å². The van der Waals surface area contributed by atoms with Gasteiger partial charge in [0, 0.05) is 5.56 Å². The fourth-order valence-electron chi connectivity index (χ4n) is 1.72. The molecule has 0 radical (unpaired) electrons. The second kappa shape index (κ2) is 6.54. The molecule has 1 aromatic carbocycles. The highest BCUT2D eigenvalue weighted by Crippen LogP contribution is 2.29. The Bertz CT molecular complexity index is 309. The predicted molar refractivity (Wildman–Crippen MR) is 66.6 cm³/mol. The Hall–Kier alpha value is -1.02. The van der Waals surface area contributed by atoms with Gasteiger partial charge in [0.25, 0.3) is 0 Å². The first-order valence-corrected chi connectivity index (χ1v) is 6.08. The fourth-order valence-corrected chi connectivity index (χ4v) is 1.72. The van der Waals surface area contributed by atoms with Crippen molar-refractivity contribution in [2.75, 3.05) is 6.61 Å². The van der Waals surface area contributed by atoms with Gasteiger partial charge in [-0.2, -0.15) is 0 Å². The zero-order chi connectivity index (χ0) is 12.0. The van der Waals surface area contributed by atoms with E-state index in [1.54, 1.807) is 0 Å². The smallest absolute Gasteiger partial charge is 0.125 e. The average Bonchev–Trinajstić information content (AvgIpc) is 2.30. The Kier molecular flexibility index (Phi) is 5.33. The molecule has 2 unspecified atom stereocenters. The molecule has 0 saturated carbocycles. The summed E-state index contributed by atoms with van der Waals surface area (Å²) in [6.07, 6.45) is 1.46. The van der Waals surface area contributed by atoms with Gasteiger partial charge in [-0.1, -0.05) is 38.5 Å². The molecule has 0 aliphatic carbocycles. The largest absolute Gasteiger partial charge is 0.493 e. The Morgan fingerprint density at radius 2 is 1.94 bits per heavy atom. The zero-order valence-corrected chi connectivity index (χ0v) is 10.4. The van der Waals surface area contributed by atoms with Crippen molar-refractivity contribution >= 4 is 0 Å². The average molecular weight is 222 g/mol. The van der Waals surface area contributed by atoms with Crippen molar-refractivity contribution in [3.05, 3.63) is 29.8 Å². The molecule has 0 saturated heterocycles. The van der Waals surface area contributed by atoms with Crippen molar-refractivity contribution < 1.29 is 9.84 Å². The molecular formula is C14H22O2. The number of rotatable bonds is 6. The summed E-state index contributed by atoms with van der Waals surface area (Å²) in [5.74, 6) is 1.34. The Labute approximate surface area is 98.3 Å². The van der Waals surface area contributed by atoms with E-state index in [1.165, 1.54) is 0 Å². The third-order valence-electron chi connectivity index (χ3n) is 2.90. The van der Waals surface area contributed by atoms with Gasteiger partial charge in [-0.25, -0.2) is 0 Å². The van der Waals surface area contributed by atoms with Crippen LogP contribution in [-0.2, 0) is 0 Å². The maximum atomic E-state index is 10.1. The molecule has 0 amide bonds. The summed E-state index contributed by atoms with van der Waals surface area (Å²) in [5.41, 5.74) is 0.907. The van der Waals surface area contributed by atoms with Gasteiger partial charge in [-0.05, 0) is 25.3 Å². The van der Waals surface area contributed by atoms with Gasteiger partial charge in [0.05, 0.1) is 12.7 Å². The zero-order valence-electron chi connectivity index (χ0n) is 10.4. The predicted octanol–water partition coefficient (Wildman–Crippen LogP) is 3.55. The molecule has 0 spiro atoms. The van der Waals surface area contributed by atoms with Gasteiger partial charge in [0.1, 0.15) is 5.75 Å². The number of para-hydroxylation sites is 1. The Morgan fingerprint density at radius 1 is 1.25 bits per heavy atom. The highest BCUT2D eigenvalue weighted by Gasteiger charge is 2.15. The summed E-state index contributed by atoms with van der Waals surface area (Å²) in [6.45, 7) is 6.89. The van der Waals surface area contributed by atoms with Gasteiger partial charge >= 0.3 is 0 Å². The van der Waals surface area contributed by atoms with Crippen LogP contribution in [0.3, 0.4) is 0 Å². The molecule has 0 aromatic heterocycles. The van der Waals surface area contributed by atoms with Crippen molar-refractivity contribution in [3.63, 3.8) is 0 Å². The Morgan fingerprint density at radius 3 is 2.56 bits per heavy atom. The molecule has 1 aromatic rings. The van der Waals surface area contributed by atoms with E-state index in [2.05, 4.69) is 13.8 Å². The maximum absolute atomic E-state index is 10.1. The quantitative estimate of drug-likeness (QED) is 0.797. The molecular weight excluding hydrogens is 200 g/mol. The molecule has 16 heavy (non-hydrogen) atoms. The third kappa shape index (κ3) is 3.53. The molecule has 2 atom stereocenters. The fraction of sp³-hybridized carbons (Fsp3) is 0.571. The topological polar surface area (TPSA) is 29.5 Å². The molecule has 0 bridgehead atoms. The van der Waals surface area contributed by atoms with E-state index in [9.17, 15) is 5.11 Å². The molecule has 0 aliphatic rings. The number of hydrogen-bond donors (Lipinski definition) is 1. The normalized spacial score (nSPS) is 14.5. The van der Waals surface area contributed by atoms with Crippen LogP contribution in [0.15, 0.2) is 24.3 Å². The van der Waals surface area contributed by atoms with Crippen molar-refractivity contribution in [1.29, 1.82) is 0 Å². The van der Waals surface area contributed by atoms with Crippen LogP contribution in [0.25, 0.3) is 0 Å². The van der Waals surface area contributed by atoms with Crippen LogP contribution < -0.4 is 4.74 Å². The first kappa shape index (κ1) is 13.0. The summed E-state index contributed by atoms with van der Waals surface area (Å²) >= 11 is 0. The SMILES string of the molecule is CCOc1ccccc1C(O)CC(C)CC. The molecule has 1 N–H and O–H groups in total. The standard InChI is InChI=1S/C14H22O2/c1-4-11(3)10-13(15)12-8-6-7-9-14(12)16-5-2/h6-9,11,13,15H,4-5,10H2,1-3H3. The van der Waals surface area contributed by atoms with Crippen LogP contribution in [0.4, 0.5) is 0 Å². The molecule has 90 valence electrons. The molecule has 0 heterocycles. The lowest BCUT2D eigenvalue weighted by molar-refractivity contribution is 0.142. The number of ether oxygens (including phenoxy) is 1. The molecule has 2 nitrogen and oxygen atoms in total. The maximum Gasteiger partial charge on any atom is 0.125 e. The van der Waals surface area contributed by atoms with Gasteiger partial charge in [0.15, 0.2) is 0 Å². The number of aliphatic hydroxyl groups excluding tert-OH is 1. The van der Waals surface area contributed by atoms with Crippen molar-refractivity contribution in [1.82, 2.24) is 0 Å². The summed E-state index contributed by atoms with van der Waals surface area (Å²) in [4.78, 5) is 0. The minimum Gasteiger partial charge on any atom is -0.493 e. The van der Waals surface area contributed by atoms with Crippen molar-refractivity contribution in [2.45, 2.75) is 39.7 Å². The minimum atomic E-state index is -0.419. The first-order valence-electron chi connectivity index (χ1n) is 6.08. The van der Waals surface area contributed by atoms with E-state index < -0.39 is 6.10 Å². The summed E-state index contributed by atoms with van der Waals surface area (Å²) < 4.78 is 5.51. The minimum absolute atomic E-state index is 0.419. The van der Waals surface area contributed by atoms with Gasteiger partial charge in [-0.15, -0.1) is 0 Å². The first-order chi connectivity index (χ1) is 7.69. The second-order valence-corrected chi connectivity index (χ2v) is 4.24. The number of benzene rings is 1. The molecule has 0 fully saturated rings. The third-order valence-corrected chi connectivity index (χ3v) is 2.90. The highest BCUT2D eigenvalue weighted by molar-refractivity contribution is 5.35. The second-order valence-electron chi connectivity index (χ2n) is 4.24. The van der Waals surface area contributed by atoms with Gasteiger partial charge in [-0.3, -0.25) is 0 Å². The molecule has 1 rings (SSSR count). The van der Waals surface area contributed by atoms with E-state index >= 15 is 0 Å². The van der Waals surface area contributed by atoms with E-state index in [4.69, 9.17) is 4.74 Å². The van der Waals surface area contributed by atoms with Crippen molar-refractivity contribution in [3.8, 4) is 5.75 Å². The van der Waals surface area contributed by atoms with Crippen LogP contribution in [0.5, 0.6) is 5.75 Å². The summed E-state index contributed by atoms with van der Waals surface area (Å²) in [7, 11) is 0. The van der Waals surface area contributed by atoms with Gasteiger partial charge in [0.2, 0.25) is 0 Å². The summed E-state index contributed by atoms with van der Waals surface area (Å²) in [6, 6.07) is 7.73. The highest BCUT2D eigenvalue weighted by atomic mass is 16.5. The lowest BCUT2D eigenvalue weighted by atomic mass is 9.96. The lowest BCUT2D eigenvalue weighted by Crippen LogP contribution is -2.06. The lowest BCUT2D eigenvalue weighted by Gasteiger charge is -2.18. The van der Waals surface area contributed by atoms with Crippen LogP contribution in [0.2, 0.25) is 0 Å². The number of aliphatic hydroxyl groups is 1. The van der Waals surface area contributed by atoms with E-state index in [0.29, 0.717) is 12.5 Å². The van der Waals surface area contributed by atoms with Crippen LogP contribution >= 0.6 is 0 Å². The monoisotopic (exact) mass is 222 g/mol. The van der Waals surface area contributed by atoms with Crippen LogP contribution in [0.1, 0.15) is 45.3 Å². The number of hydrogen-bond acceptors (Lipinski definition) is 2. The van der Waals surface area contributed by atoms with Crippen molar-refractivity contribution in [2.24, 2.45) is 5.92 Å². The van der Waals surface area contributed by atoms with E-state index in [0.717, 1.165) is 24.2 Å². The Balaban J connectivity index is 2.77. The van der Waals surface area contributed by atoms with Gasteiger partial charge < -0.3 is 9.84 Å². The molecule has 0 aliphatic heterocycles. The van der Waals surface area contributed by atoms with Crippen LogP contribution in [0, 0.1) is 5.92 Å². The molecule has 2 heteroatoms.